The van der Waals surface area contributed by atoms with Gasteiger partial charge in [0.2, 0.25) is 5.91 Å². The fourth-order valence-corrected chi connectivity index (χ4v) is 3.59. The van der Waals surface area contributed by atoms with Crippen LogP contribution in [0, 0.1) is 5.82 Å². The molecule has 3 aromatic rings. The van der Waals surface area contributed by atoms with E-state index in [1.54, 1.807) is 18.5 Å². The van der Waals surface area contributed by atoms with Crippen molar-refractivity contribution in [3.8, 4) is 5.69 Å². The Bertz CT molecular complexity index is 925. The average Bonchev–Trinajstić information content (AvgIpc) is 3.16. The first-order valence-electron chi connectivity index (χ1n) is 9.05. The summed E-state index contributed by atoms with van der Waals surface area (Å²) < 4.78 is 15.8. The lowest BCUT2D eigenvalue weighted by Gasteiger charge is -2.33. The highest BCUT2D eigenvalue weighted by molar-refractivity contribution is 5.77. The van der Waals surface area contributed by atoms with E-state index >= 15 is 0 Å². The van der Waals surface area contributed by atoms with Gasteiger partial charge in [-0.1, -0.05) is 12.1 Å². The van der Waals surface area contributed by atoms with Crippen LogP contribution in [0.25, 0.3) is 5.69 Å². The Kier molecular flexibility index (Phi) is 4.98. The van der Waals surface area contributed by atoms with E-state index in [4.69, 9.17) is 0 Å². The Labute approximate surface area is 157 Å². The maximum Gasteiger partial charge on any atom is 0.220 e. The van der Waals surface area contributed by atoms with Gasteiger partial charge in [0.05, 0.1) is 6.04 Å². The van der Waals surface area contributed by atoms with Gasteiger partial charge in [0.25, 0.3) is 0 Å². The van der Waals surface area contributed by atoms with Crippen molar-refractivity contribution < 1.29 is 9.18 Å². The molecule has 1 aliphatic heterocycles. The van der Waals surface area contributed by atoms with E-state index in [2.05, 4.69) is 26.3 Å². The summed E-state index contributed by atoms with van der Waals surface area (Å²) in [4.78, 5) is 16.0. The fourth-order valence-electron chi connectivity index (χ4n) is 3.59. The number of halogens is 1. The molecule has 0 saturated carbocycles. The Morgan fingerprint density at radius 1 is 1.19 bits per heavy atom. The number of piperidine rings is 1. The number of hydrogen-bond acceptors (Lipinski definition) is 3. The maximum atomic E-state index is 13.7. The molecule has 4 rings (SSSR count). The average molecular weight is 364 g/mol. The van der Waals surface area contributed by atoms with E-state index in [1.165, 1.54) is 12.1 Å². The van der Waals surface area contributed by atoms with Gasteiger partial charge in [-0.15, -0.1) is 0 Å². The topological polar surface area (TPSA) is 59.0 Å². The number of carbonyl (C=O) groups is 1. The van der Waals surface area contributed by atoms with Crippen LogP contribution in [0.3, 0.4) is 0 Å². The maximum absolute atomic E-state index is 13.7. The highest BCUT2D eigenvalue weighted by Gasteiger charge is 2.29. The lowest BCUT2D eigenvalue weighted by Crippen LogP contribution is -2.48. The van der Waals surface area contributed by atoms with Gasteiger partial charge >= 0.3 is 0 Å². The molecule has 3 heterocycles. The third-order valence-electron chi connectivity index (χ3n) is 4.93. The Balaban J connectivity index is 1.52. The minimum absolute atomic E-state index is 0.00229. The molecule has 0 unspecified atom stereocenters. The van der Waals surface area contributed by atoms with Crippen LogP contribution in [0.1, 0.15) is 30.1 Å². The van der Waals surface area contributed by atoms with E-state index in [0.717, 1.165) is 16.9 Å². The lowest BCUT2D eigenvalue weighted by atomic mass is 9.92. The highest BCUT2D eigenvalue weighted by atomic mass is 19.1. The van der Waals surface area contributed by atoms with Crippen molar-refractivity contribution >= 4 is 5.91 Å². The smallest absolute Gasteiger partial charge is 0.220 e. The summed E-state index contributed by atoms with van der Waals surface area (Å²) in [7, 11) is 0. The summed E-state index contributed by atoms with van der Waals surface area (Å²) in [6.45, 7) is 0.641. The van der Waals surface area contributed by atoms with Gasteiger partial charge in [-0.25, -0.2) is 4.39 Å². The molecule has 2 aromatic heterocycles. The summed E-state index contributed by atoms with van der Waals surface area (Å²) >= 11 is 0. The standard InChI is InChI=1S/C21H21FN4O/c22-16-4-1-3-15(13-16)21-19(6-7-20(27)25-21)24-14-18-5-2-12-26(18)17-8-10-23-11-9-17/h1-5,8-13,19,21,24H,6-7,14H2,(H,25,27)/t19-,21+/m1/s1. The molecule has 1 amide bonds. The number of carbonyl (C=O) groups excluding carboxylic acids is 1. The highest BCUT2D eigenvalue weighted by Crippen LogP contribution is 2.25. The molecule has 0 aliphatic carbocycles. The zero-order chi connectivity index (χ0) is 18.6. The molecule has 1 fully saturated rings. The summed E-state index contributed by atoms with van der Waals surface area (Å²) in [6, 6.07) is 14.2. The van der Waals surface area contributed by atoms with Gasteiger partial charge in [0.1, 0.15) is 5.82 Å². The number of amides is 1. The van der Waals surface area contributed by atoms with Crippen molar-refractivity contribution in [1.82, 2.24) is 20.2 Å². The molecule has 6 heteroatoms. The number of hydrogen-bond donors (Lipinski definition) is 2. The van der Waals surface area contributed by atoms with E-state index in [0.29, 0.717) is 19.4 Å². The third-order valence-corrected chi connectivity index (χ3v) is 4.93. The Hall–Kier alpha value is -2.99. The van der Waals surface area contributed by atoms with Crippen LogP contribution in [0.4, 0.5) is 4.39 Å². The number of aromatic nitrogens is 2. The van der Waals surface area contributed by atoms with Gasteiger partial charge < -0.3 is 15.2 Å². The van der Waals surface area contributed by atoms with Crippen LogP contribution in [-0.4, -0.2) is 21.5 Å². The van der Waals surface area contributed by atoms with Crippen molar-refractivity contribution in [3.63, 3.8) is 0 Å². The van der Waals surface area contributed by atoms with Gasteiger partial charge in [-0.3, -0.25) is 9.78 Å². The van der Waals surface area contributed by atoms with Crippen LogP contribution < -0.4 is 10.6 Å². The van der Waals surface area contributed by atoms with Crippen molar-refractivity contribution in [2.75, 3.05) is 0 Å². The fraction of sp³-hybridized carbons (Fsp3) is 0.238. The van der Waals surface area contributed by atoms with Crippen LogP contribution in [0.5, 0.6) is 0 Å². The van der Waals surface area contributed by atoms with E-state index in [1.807, 2.05) is 30.5 Å². The lowest BCUT2D eigenvalue weighted by molar-refractivity contribution is -0.123. The molecule has 1 aliphatic rings. The first-order chi connectivity index (χ1) is 13.2. The zero-order valence-corrected chi connectivity index (χ0v) is 14.8. The first kappa shape index (κ1) is 17.4. The largest absolute Gasteiger partial charge is 0.348 e. The van der Waals surface area contributed by atoms with Crippen LogP contribution >= 0.6 is 0 Å². The molecular weight excluding hydrogens is 343 g/mol. The first-order valence-corrected chi connectivity index (χ1v) is 9.05. The van der Waals surface area contributed by atoms with Crippen LogP contribution in [-0.2, 0) is 11.3 Å². The number of nitrogens with one attached hydrogen (secondary N) is 2. The molecule has 2 N–H and O–H groups in total. The Morgan fingerprint density at radius 2 is 2.04 bits per heavy atom. The van der Waals surface area contributed by atoms with Crippen molar-refractivity contribution in [3.05, 3.63) is 84.2 Å². The number of pyridine rings is 1. The van der Waals surface area contributed by atoms with Gasteiger partial charge in [0.15, 0.2) is 0 Å². The van der Waals surface area contributed by atoms with Gasteiger partial charge in [-0.05, 0) is 48.4 Å². The minimum Gasteiger partial charge on any atom is -0.348 e. The molecule has 0 radical (unpaired) electrons. The summed E-state index contributed by atoms with van der Waals surface area (Å²) in [5.74, 6) is -0.292. The molecule has 5 nitrogen and oxygen atoms in total. The molecule has 0 bridgehead atoms. The summed E-state index contributed by atoms with van der Waals surface area (Å²) in [6.07, 6.45) is 6.73. The molecule has 0 spiro atoms. The number of benzene rings is 1. The quantitative estimate of drug-likeness (QED) is 0.731. The monoisotopic (exact) mass is 364 g/mol. The van der Waals surface area contributed by atoms with Crippen molar-refractivity contribution in [2.45, 2.75) is 31.5 Å². The Morgan fingerprint density at radius 3 is 2.85 bits per heavy atom. The van der Waals surface area contributed by atoms with E-state index < -0.39 is 0 Å². The molecular formula is C21H21FN4O. The zero-order valence-electron chi connectivity index (χ0n) is 14.8. The SMILES string of the molecule is O=C1CC[C@@H](NCc2cccn2-c2ccncc2)[C@H](c2cccc(F)c2)N1. The second-order valence-electron chi connectivity index (χ2n) is 6.70. The number of rotatable bonds is 5. The molecule has 1 saturated heterocycles. The van der Waals surface area contributed by atoms with Gasteiger partial charge in [-0.2, -0.15) is 0 Å². The molecule has 1 aromatic carbocycles. The molecule has 27 heavy (non-hydrogen) atoms. The second-order valence-corrected chi connectivity index (χ2v) is 6.70. The van der Waals surface area contributed by atoms with Crippen LogP contribution in [0.15, 0.2) is 67.1 Å². The van der Waals surface area contributed by atoms with E-state index in [9.17, 15) is 9.18 Å². The van der Waals surface area contributed by atoms with Crippen LogP contribution in [0.2, 0.25) is 0 Å². The van der Waals surface area contributed by atoms with Gasteiger partial charge in [0, 0.05) is 49.0 Å². The predicted molar refractivity (Wildman–Crippen MR) is 101 cm³/mol. The minimum atomic E-state index is -0.294. The van der Waals surface area contributed by atoms with Crippen molar-refractivity contribution in [1.29, 1.82) is 0 Å². The van der Waals surface area contributed by atoms with E-state index in [-0.39, 0.29) is 23.8 Å². The predicted octanol–water partition coefficient (Wildman–Crippen LogP) is 3.12. The molecule has 138 valence electrons. The normalized spacial score (nSPS) is 19.7. The summed E-state index contributed by atoms with van der Waals surface area (Å²) in [5.41, 5.74) is 2.94. The summed E-state index contributed by atoms with van der Waals surface area (Å²) in [5, 5.41) is 6.55. The van der Waals surface area contributed by atoms with Crippen molar-refractivity contribution in [2.24, 2.45) is 0 Å². The third kappa shape index (κ3) is 3.90. The second kappa shape index (κ2) is 7.72. The molecule has 2 atom stereocenters. The number of nitrogens with zero attached hydrogens (tertiary/aromatic N) is 2.